The molecule has 2 aromatic carbocycles. The Balaban J connectivity index is 1.15. The summed E-state index contributed by atoms with van der Waals surface area (Å²) in [5.41, 5.74) is 2.30. The molecule has 166 valence electrons. The first-order valence-electron chi connectivity index (χ1n) is 11.0. The zero-order valence-corrected chi connectivity index (χ0v) is 18.6. The van der Waals surface area contributed by atoms with Gasteiger partial charge in [-0.3, -0.25) is 9.69 Å². The fourth-order valence-electron chi connectivity index (χ4n) is 4.30. The van der Waals surface area contributed by atoms with Gasteiger partial charge in [-0.25, -0.2) is 4.39 Å². The van der Waals surface area contributed by atoms with Crippen molar-refractivity contribution in [2.24, 2.45) is 0 Å². The lowest BCUT2D eigenvalue weighted by atomic mass is 10.2. The zero-order valence-electron chi connectivity index (χ0n) is 17.9. The summed E-state index contributed by atoms with van der Waals surface area (Å²) in [6, 6.07) is 14.6. The van der Waals surface area contributed by atoms with Crippen LogP contribution in [-0.2, 0) is 11.3 Å². The van der Waals surface area contributed by atoms with E-state index >= 15 is 0 Å². The molecule has 4 rings (SSSR count). The summed E-state index contributed by atoms with van der Waals surface area (Å²) in [6.45, 7) is 8.85. The van der Waals surface area contributed by atoms with Crippen molar-refractivity contribution in [3.63, 3.8) is 0 Å². The maximum atomic E-state index is 13.1. The number of halogens is 2. The number of rotatable bonds is 6. The van der Waals surface area contributed by atoms with Crippen LogP contribution in [0.15, 0.2) is 48.5 Å². The van der Waals surface area contributed by atoms with Crippen molar-refractivity contribution in [3.05, 3.63) is 64.9 Å². The smallest absolute Gasteiger partial charge is 0.223 e. The van der Waals surface area contributed by atoms with Crippen molar-refractivity contribution in [1.29, 1.82) is 0 Å². The number of carbonyl (C=O) groups excluding carboxylic acids is 1. The van der Waals surface area contributed by atoms with E-state index in [1.165, 1.54) is 17.7 Å². The maximum absolute atomic E-state index is 13.1. The predicted molar refractivity (Wildman–Crippen MR) is 123 cm³/mol. The van der Waals surface area contributed by atoms with Crippen molar-refractivity contribution in [2.75, 3.05) is 63.8 Å². The third-order valence-electron chi connectivity index (χ3n) is 6.25. The summed E-state index contributed by atoms with van der Waals surface area (Å²) in [4.78, 5) is 21.7. The van der Waals surface area contributed by atoms with E-state index < -0.39 is 0 Å². The molecule has 7 heteroatoms. The molecular formula is C24H30ClFN4O. The van der Waals surface area contributed by atoms with Crippen LogP contribution in [0.5, 0.6) is 0 Å². The van der Waals surface area contributed by atoms with Crippen LogP contribution in [0, 0.1) is 5.82 Å². The molecule has 1 amide bonds. The lowest BCUT2D eigenvalue weighted by Crippen LogP contribution is -2.50. The van der Waals surface area contributed by atoms with Crippen LogP contribution in [0.4, 0.5) is 10.1 Å². The highest BCUT2D eigenvalue weighted by Crippen LogP contribution is 2.17. The molecule has 0 radical (unpaired) electrons. The number of benzene rings is 2. The summed E-state index contributed by atoms with van der Waals surface area (Å²) in [5, 5.41) is 0.773. The molecule has 0 unspecified atom stereocenters. The number of hydrogen-bond donors (Lipinski definition) is 0. The Bertz CT molecular complexity index is 845. The van der Waals surface area contributed by atoms with Crippen molar-refractivity contribution in [3.8, 4) is 0 Å². The second kappa shape index (κ2) is 10.4. The van der Waals surface area contributed by atoms with Gasteiger partial charge in [0.1, 0.15) is 5.82 Å². The van der Waals surface area contributed by atoms with E-state index in [1.807, 2.05) is 17.0 Å². The van der Waals surface area contributed by atoms with Crippen molar-refractivity contribution < 1.29 is 9.18 Å². The van der Waals surface area contributed by atoms with Gasteiger partial charge < -0.3 is 14.7 Å². The second-order valence-electron chi connectivity index (χ2n) is 8.34. The molecular weight excluding hydrogens is 415 g/mol. The van der Waals surface area contributed by atoms with Crippen molar-refractivity contribution in [1.82, 2.24) is 14.7 Å². The van der Waals surface area contributed by atoms with Gasteiger partial charge in [0, 0.05) is 82.6 Å². The number of anilines is 1. The molecule has 2 heterocycles. The summed E-state index contributed by atoms with van der Waals surface area (Å²) >= 11 is 5.96. The average molecular weight is 445 g/mol. The van der Waals surface area contributed by atoms with Gasteiger partial charge in [0.15, 0.2) is 0 Å². The van der Waals surface area contributed by atoms with Crippen LogP contribution >= 0.6 is 11.6 Å². The van der Waals surface area contributed by atoms with Crippen molar-refractivity contribution in [2.45, 2.75) is 13.0 Å². The number of piperazine rings is 2. The van der Waals surface area contributed by atoms with Crippen LogP contribution in [0.2, 0.25) is 5.02 Å². The first kappa shape index (κ1) is 22.1. The molecule has 2 fully saturated rings. The molecule has 0 aromatic heterocycles. The quantitative estimate of drug-likeness (QED) is 0.683. The van der Waals surface area contributed by atoms with Crippen LogP contribution in [-0.4, -0.2) is 79.5 Å². The third kappa shape index (κ3) is 6.19. The van der Waals surface area contributed by atoms with Gasteiger partial charge in [0.2, 0.25) is 5.91 Å². The Labute approximate surface area is 189 Å². The summed E-state index contributed by atoms with van der Waals surface area (Å²) in [7, 11) is 0. The molecule has 31 heavy (non-hydrogen) atoms. The number of hydrogen-bond acceptors (Lipinski definition) is 4. The average Bonchev–Trinajstić information content (AvgIpc) is 2.80. The van der Waals surface area contributed by atoms with Crippen LogP contribution in [0.25, 0.3) is 0 Å². The van der Waals surface area contributed by atoms with E-state index in [0.29, 0.717) is 6.42 Å². The van der Waals surface area contributed by atoms with Gasteiger partial charge in [0.25, 0.3) is 0 Å². The Morgan fingerprint density at radius 3 is 2.06 bits per heavy atom. The predicted octanol–water partition coefficient (Wildman–Crippen LogP) is 3.34. The minimum Gasteiger partial charge on any atom is -0.368 e. The molecule has 0 spiro atoms. The largest absolute Gasteiger partial charge is 0.368 e. The summed E-state index contributed by atoms with van der Waals surface area (Å²) in [6.07, 6.45) is 0.577. The molecule has 2 aliphatic rings. The number of carbonyl (C=O) groups is 1. The van der Waals surface area contributed by atoms with Gasteiger partial charge in [-0.15, -0.1) is 0 Å². The zero-order chi connectivity index (χ0) is 21.6. The highest BCUT2D eigenvalue weighted by atomic mass is 35.5. The molecule has 0 N–H and O–H groups in total. The van der Waals surface area contributed by atoms with E-state index in [9.17, 15) is 9.18 Å². The Morgan fingerprint density at radius 1 is 0.806 bits per heavy atom. The lowest BCUT2D eigenvalue weighted by molar-refractivity contribution is -0.131. The van der Waals surface area contributed by atoms with Gasteiger partial charge in [-0.1, -0.05) is 23.7 Å². The minimum absolute atomic E-state index is 0.219. The molecule has 0 atom stereocenters. The summed E-state index contributed by atoms with van der Waals surface area (Å²) in [5.74, 6) is 0.0192. The Kier molecular flexibility index (Phi) is 7.43. The minimum atomic E-state index is -0.219. The molecule has 2 saturated heterocycles. The number of nitrogens with zero attached hydrogens (tertiary/aromatic N) is 4. The highest BCUT2D eigenvalue weighted by Gasteiger charge is 2.23. The molecule has 0 saturated carbocycles. The standard InChI is InChI=1S/C24H30ClFN4O/c25-21-3-1-20(2-4-21)19-28-13-11-27(12-14-28)10-9-24(31)30-17-15-29(16-18-30)23-7-5-22(26)6-8-23/h1-8H,9-19H2. The first-order chi connectivity index (χ1) is 15.1. The van der Waals surface area contributed by atoms with E-state index in [4.69, 9.17) is 11.6 Å². The van der Waals surface area contributed by atoms with Gasteiger partial charge >= 0.3 is 0 Å². The molecule has 0 bridgehead atoms. The fourth-order valence-corrected chi connectivity index (χ4v) is 4.42. The lowest BCUT2D eigenvalue weighted by Gasteiger charge is -2.37. The SMILES string of the molecule is O=C(CCN1CCN(Cc2ccc(Cl)cc2)CC1)N1CCN(c2ccc(F)cc2)CC1. The van der Waals surface area contributed by atoms with E-state index in [0.717, 1.165) is 76.2 Å². The molecule has 2 aromatic rings. The van der Waals surface area contributed by atoms with Crippen LogP contribution in [0.3, 0.4) is 0 Å². The maximum Gasteiger partial charge on any atom is 0.223 e. The van der Waals surface area contributed by atoms with E-state index in [2.05, 4.69) is 26.8 Å². The highest BCUT2D eigenvalue weighted by molar-refractivity contribution is 6.30. The molecule has 0 aliphatic carbocycles. The third-order valence-corrected chi connectivity index (χ3v) is 6.50. The topological polar surface area (TPSA) is 30.0 Å². The Morgan fingerprint density at radius 2 is 1.42 bits per heavy atom. The van der Waals surface area contributed by atoms with Gasteiger partial charge in [-0.2, -0.15) is 0 Å². The van der Waals surface area contributed by atoms with E-state index in [1.54, 1.807) is 12.1 Å². The van der Waals surface area contributed by atoms with Crippen LogP contribution in [0.1, 0.15) is 12.0 Å². The normalized spacial score (nSPS) is 18.4. The molecule has 5 nitrogen and oxygen atoms in total. The fraction of sp³-hybridized carbons (Fsp3) is 0.458. The molecule has 2 aliphatic heterocycles. The van der Waals surface area contributed by atoms with Crippen molar-refractivity contribution >= 4 is 23.2 Å². The van der Waals surface area contributed by atoms with Gasteiger partial charge in [0.05, 0.1) is 0 Å². The second-order valence-corrected chi connectivity index (χ2v) is 8.77. The number of amides is 1. The summed E-state index contributed by atoms with van der Waals surface area (Å²) < 4.78 is 13.1. The first-order valence-corrected chi connectivity index (χ1v) is 11.4. The van der Waals surface area contributed by atoms with Gasteiger partial charge in [-0.05, 0) is 42.0 Å². The Hall–Kier alpha value is -2.15. The van der Waals surface area contributed by atoms with Crippen LogP contribution < -0.4 is 4.90 Å². The van der Waals surface area contributed by atoms with E-state index in [-0.39, 0.29) is 11.7 Å². The monoisotopic (exact) mass is 444 g/mol.